The van der Waals surface area contributed by atoms with Crippen molar-refractivity contribution in [3.05, 3.63) is 52.3 Å². The van der Waals surface area contributed by atoms with E-state index in [-0.39, 0.29) is 35.1 Å². The van der Waals surface area contributed by atoms with Gasteiger partial charge in [-0.25, -0.2) is 0 Å². The second-order valence-corrected chi connectivity index (χ2v) is 12.6. The molecule has 0 aliphatic heterocycles. The number of phenols is 1. The molecule has 3 aliphatic rings. The molecule has 10 nitrogen and oxygen atoms in total. The zero-order valence-corrected chi connectivity index (χ0v) is 23.2. The number of Topliss-reactive ketones (excluding diaryl/α,β-unsaturated/α-hetero) is 2. The highest BCUT2D eigenvalue weighted by Gasteiger charge is 2.64. The minimum atomic E-state index is -2.65. The van der Waals surface area contributed by atoms with Gasteiger partial charge in [0.1, 0.15) is 22.8 Å². The number of phenolic OH excluding ortho intramolecular Hbond substituents is 1. The topological polar surface area (TPSA) is 173 Å². The van der Waals surface area contributed by atoms with Crippen molar-refractivity contribution in [1.82, 2.24) is 4.90 Å². The summed E-state index contributed by atoms with van der Waals surface area (Å²) in [5.74, 6) is -6.56. The number of benzene rings is 2. The van der Waals surface area contributed by atoms with E-state index in [0.717, 1.165) is 11.1 Å². The van der Waals surface area contributed by atoms with E-state index in [1.54, 1.807) is 20.2 Å². The number of ketones is 2. The molecule has 0 unspecified atom stereocenters. The predicted octanol–water partition coefficient (Wildman–Crippen LogP) is 2.58. The summed E-state index contributed by atoms with van der Waals surface area (Å²) in [7, 11) is 3.14. The van der Waals surface area contributed by atoms with Crippen LogP contribution >= 0.6 is 0 Å². The molecule has 0 heterocycles. The number of aliphatic hydroxyl groups excluding tert-OH is 2. The van der Waals surface area contributed by atoms with Gasteiger partial charge in [0, 0.05) is 29.1 Å². The number of hydrogen-bond donors (Lipinski definition) is 6. The molecular formula is C30H35N3O7. The molecule has 212 valence electrons. The van der Waals surface area contributed by atoms with Crippen LogP contribution in [0.3, 0.4) is 0 Å². The van der Waals surface area contributed by atoms with Crippen LogP contribution < -0.4 is 11.1 Å². The minimum Gasteiger partial charge on any atom is -0.508 e. The van der Waals surface area contributed by atoms with Gasteiger partial charge in [0.15, 0.2) is 11.4 Å². The van der Waals surface area contributed by atoms with Crippen LogP contribution in [0.1, 0.15) is 38.3 Å². The van der Waals surface area contributed by atoms with Crippen molar-refractivity contribution in [2.45, 2.75) is 45.3 Å². The second kappa shape index (κ2) is 9.07. The zero-order valence-electron chi connectivity index (χ0n) is 23.2. The van der Waals surface area contributed by atoms with Crippen LogP contribution in [0.4, 0.5) is 5.69 Å². The summed E-state index contributed by atoms with van der Waals surface area (Å²) in [5.41, 5.74) is 3.22. The van der Waals surface area contributed by atoms with E-state index in [9.17, 15) is 34.8 Å². The van der Waals surface area contributed by atoms with Crippen LogP contribution in [0.5, 0.6) is 5.75 Å². The number of aliphatic hydroxyl groups is 3. The van der Waals surface area contributed by atoms with E-state index in [1.165, 1.54) is 4.90 Å². The van der Waals surface area contributed by atoms with Crippen LogP contribution in [-0.4, -0.2) is 75.1 Å². The number of nitrogens with zero attached hydrogens (tertiary/aromatic N) is 1. The van der Waals surface area contributed by atoms with Crippen molar-refractivity contribution in [2.75, 3.05) is 26.0 Å². The number of hydrogen-bond acceptors (Lipinski definition) is 9. The number of carbonyl (C=O) groups is 3. The molecule has 1 fully saturated rings. The lowest BCUT2D eigenvalue weighted by atomic mass is 9.57. The molecule has 0 saturated heterocycles. The Labute approximate surface area is 231 Å². The van der Waals surface area contributed by atoms with Crippen molar-refractivity contribution >= 4 is 39.7 Å². The predicted molar refractivity (Wildman–Crippen MR) is 150 cm³/mol. The summed E-state index contributed by atoms with van der Waals surface area (Å²) >= 11 is 0. The molecule has 3 aliphatic carbocycles. The maximum absolute atomic E-state index is 14.0. The van der Waals surface area contributed by atoms with Crippen LogP contribution in [0.25, 0.3) is 16.5 Å². The Morgan fingerprint density at radius 2 is 1.82 bits per heavy atom. The fourth-order valence-electron chi connectivity index (χ4n) is 6.49. The van der Waals surface area contributed by atoms with Crippen LogP contribution in [0.2, 0.25) is 0 Å². The first-order valence-electron chi connectivity index (χ1n) is 13.2. The van der Waals surface area contributed by atoms with Gasteiger partial charge in [-0.1, -0.05) is 32.9 Å². The Kier molecular flexibility index (Phi) is 6.27. The van der Waals surface area contributed by atoms with E-state index in [2.05, 4.69) is 26.1 Å². The summed E-state index contributed by atoms with van der Waals surface area (Å²) in [4.78, 5) is 40.7. The molecule has 4 atom stereocenters. The fraction of sp³-hybridized carbons (Fsp3) is 0.433. The number of primary amides is 1. The van der Waals surface area contributed by atoms with Gasteiger partial charge in [-0.05, 0) is 61.4 Å². The Morgan fingerprint density at radius 1 is 1.15 bits per heavy atom. The first kappa shape index (κ1) is 27.7. The Hall–Kier alpha value is -3.89. The monoisotopic (exact) mass is 549 g/mol. The number of likely N-dealkylation sites (N-methyl/N-ethyl adjacent to an activating group) is 1. The number of fused-ring (bicyclic) bond motifs is 4. The first-order valence-corrected chi connectivity index (χ1v) is 13.2. The molecule has 10 heteroatoms. The van der Waals surface area contributed by atoms with Crippen molar-refractivity contribution in [3.8, 4) is 5.75 Å². The van der Waals surface area contributed by atoms with E-state index in [1.807, 2.05) is 18.2 Å². The molecule has 5 rings (SSSR count). The van der Waals surface area contributed by atoms with Crippen molar-refractivity contribution in [1.29, 1.82) is 0 Å². The van der Waals surface area contributed by atoms with E-state index in [4.69, 9.17) is 5.73 Å². The van der Waals surface area contributed by atoms with E-state index in [0.29, 0.717) is 17.5 Å². The molecular weight excluding hydrogens is 514 g/mol. The second-order valence-electron chi connectivity index (χ2n) is 12.6. The lowest BCUT2D eigenvalue weighted by Crippen LogP contribution is -2.65. The number of anilines is 1. The van der Waals surface area contributed by atoms with Gasteiger partial charge in [0.25, 0.3) is 5.91 Å². The van der Waals surface area contributed by atoms with Crippen molar-refractivity contribution in [3.63, 3.8) is 0 Å². The summed E-state index contributed by atoms with van der Waals surface area (Å²) < 4.78 is 0. The normalized spacial score (nSPS) is 26.6. The third-order valence-electron chi connectivity index (χ3n) is 8.35. The Bertz CT molecular complexity index is 1550. The highest BCUT2D eigenvalue weighted by molar-refractivity contribution is 6.24. The minimum absolute atomic E-state index is 0.0215. The standard InChI is InChI=1S/C30H35N3O7/c1-29(2,3)12-32-16-7-6-13-8-14-9-15-10-18-22(33(4)5)25(36)21(28(31)39)27(38)30(18,40)26(37)20(15)24(35)19(14)23(34)17(13)11-16/h6-8,11,15,18,22,32,34-35,38,40H,9-10,12H2,1-5H3,(H2,31,39)/t15-,18-,22-,30-/m0/s1. The van der Waals surface area contributed by atoms with E-state index >= 15 is 0 Å². The molecule has 0 aromatic heterocycles. The summed E-state index contributed by atoms with van der Waals surface area (Å²) in [6.07, 6.45) is 0.308. The van der Waals surface area contributed by atoms with Crippen LogP contribution in [0, 0.1) is 17.3 Å². The average molecular weight is 550 g/mol. The van der Waals surface area contributed by atoms with Crippen molar-refractivity contribution < 1.29 is 34.8 Å². The maximum Gasteiger partial charge on any atom is 0.255 e. The molecule has 0 spiro atoms. The van der Waals surface area contributed by atoms with Gasteiger partial charge in [-0.2, -0.15) is 0 Å². The highest BCUT2D eigenvalue weighted by atomic mass is 16.3. The third kappa shape index (κ3) is 3.97. The molecule has 1 saturated carbocycles. The number of nitrogens with two attached hydrogens (primary N) is 1. The van der Waals surface area contributed by atoms with Gasteiger partial charge >= 0.3 is 0 Å². The Balaban J connectivity index is 1.67. The lowest BCUT2D eigenvalue weighted by Gasteiger charge is -2.50. The highest BCUT2D eigenvalue weighted by Crippen LogP contribution is 2.53. The lowest BCUT2D eigenvalue weighted by molar-refractivity contribution is -0.153. The molecule has 2 aromatic rings. The van der Waals surface area contributed by atoms with Gasteiger partial charge in [0.05, 0.1) is 11.6 Å². The molecule has 0 bridgehead atoms. The third-order valence-corrected chi connectivity index (χ3v) is 8.35. The molecule has 2 aromatic carbocycles. The SMILES string of the molecule is CN(C)[C@@H]1C(=O)C(C(N)=O)=C(O)[C@@]2(O)C(=O)C3=C(O)c4c(cc5ccc(NCC(C)(C)C)cc5c4O)C[C@H]3C[C@@H]12. The van der Waals surface area contributed by atoms with Crippen molar-refractivity contribution in [2.24, 2.45) is 23.0 Å². The largest absolute Gasteiger partial charge is 0.508 e. The summed E-state index contributed by atoms with van der Waals surface area (Å²) in [6.45, 7) is 6.98. The van der Waals surface area contributed by atoms with E-state index < -0.39 is 58.0 Å². The number of nitrogens with one attached hydrogen (secondary N) is 1. The van der Waals surface area contributed by atoms with Crippen LogP contribution in [0.15, 0.2) is 41.2 Å². The van der Waals surface area contributed by atoms with Gasteiger partial charge in [-0.3, -0.25) is 19.3 Å². The maximum atomic E-state index is 14.0. The number of rotatable bonds is 4. The molecule has 7 N–H and O–H groups in total. The molecule has 1 amide bonds. The fourth-order valence-corrected chi connectivity index (χ4v) is 6.49. The quantitative estimate of drug-likeness (QED) is 0.313. The summed E-state index contributed by atoms with van der Waals surface area (Å²) in [5, 5.41) is 50.0. The Morgan fingerprint density at radius 3 is 2.42 bits per heavy atom. The number of amides is 1. The molecule has 40 heavy (non-hydrogen) atoms. The zero-order chi connectivity index (χ0) is 29.5. The van der Waals surface area contributed by atoms with Crippen LogP contribution in [-0.2, 0) is 20.8 Å². The molecule has 0 radical (unpaired) electrons. The summed E-state index contributed by atoms with van der Waals surface area (Å²) in [6, 6.07) is 6.30. The van der Waals surface area contributed by atoms with Gasteiger partial charge in [-0.15, -0.1) is 0 Å². The first-order chi connectivity index (χ1) is 18.6. The smallest absolute Gasteiger partial charge is 0.255 e. The van der Waals surface area contributed by atoms with Gasteiger partial charge in [0.2, 0.25) is 5.78 Å². The number of aromatic hydroxyl groups is 1. The average Bonchev–Trinajstić information content (AvgIpc) is 2.84. The van der Waals surface area contributed by atoms with Gasteiger partial charge < -0.3 is 31.5 Å². The number of carbonyl (C=O) groups excluding carboxylic acids is 3.